The molecule has 2 aliphatic heterocycles. The molecule has 0 radical (unpaired) electrons. The van der Waals surface area contributed by atoms with E-state index in [2.05, 4.69) is 5.32 Å². The number of esters is 1. The lowest BCUT2D eigenvalue weighted by Crippen LogP contribution is -2.53. The Labute approximate surface area is 205 Å². The fraction of sp³-hybridized carbons (Fsp3) is 0.222. The Morgan fingerprint density at radius 3 is 2.40 bits per heavy atom. The summed E-state index contributed by atoms with van der Waals surface area (Å²) in [6.07, 6.45) is -0.995. The lowest BCUT2D eigenvalue weighted by Gasteiger charge is -2.31. The molecule has 2 saturated heterocycles. The van der Waals surface area contributed by atoms with Crippen molar-refractivity contribution in [3.05, 3.63) is 106 Å². The Hall–Kier alpha value is -3.52. The maximum Gasteiger partial charge on any atom is 0.316 e. The smallest absolute Gasteiger partial charge is 0.316 e. The summed E-state index contributed by atoms with van der Waals surface area (Å²) < 4.78 is 11.8. The summed E-state index contributed by atoms with van der Waals surface area (Å²) in [5.74, 6) is -6.72. The van der Waals surface area contributed by atoms with E-state index in [-0.39, 0.29) is 17.7 Å². The van der Waals surface area contributed by atoms with Crippen molar-refractivity contribution in [2.45, 2.75) is 24.0 Å². The van der Waals surface area contributed by atoms with Crippen LogP contribution in [0.4, 0.5) is 0 Å². The Morgan fingerprint density at radius 1 is 0.971 bits per heavy atom. The second kappa shape index (κ2) is 7.75. The molecule has 176 valence electrons. The minimum Gasteiger partial charge on any atom is -0.425 e. The number of ether oxygens (including phenoxy) is 2. The zero-order chi connectivity index (χ0) is 24.4. The average molecular weight is 490 g/mol. The summed E-state index contributed by atoms with van der Waals surface area (Å²) in [6, 6.07) is 22.3. The molecule has 0 aromatic heterocycles. The molecule has 2 N–H and O–H groups in total. The number of halogens is 1. The van der Waals surface area contributed by atoms with Crippen molar-refractivity contribution in [2.24, 2.45) is 11.8 Å². The SMILES string of the molecule is O=C(NCc1ccccc1)[C@H]1[C@@H](c2ccc(Cl)cc2)OC23C(=O)c4ccccc4C2(O)OC(=O)[C@@H]13. The maximum atomic E-state index is 13.7. The second-order valence-corrected chi connectivity index (χ2v) is 9.41. The molecular weight excluding hydrogens is 470 g/mol. The number of hydrogen-bond donors (Lipinski definition) is 2. The summed E-state index contributed by atoms with van der Waals surface area (Å²) in [6.45, 7) is 0.219. The normalized spacial score (nSPS) is 30.4. The summed E-state index contributed by atoms with van der Waals surface area (Å²) in [4.78, 5) is 40.6. The van der Waals surface area contributed by atoms with Gasteiger partial charge < -0.3 is 19.9 Å². The zero-order valence-electron chi connectivity index (χ0n) is 18.3. The van der Waals surface area contributed by atoms with E-state index in [1.165, 1.54) is 6.07 Å². The van der Waals surface area contributed by atoms with Crippen molar-refractivity contribution < 1.29 is 29.0 Å². The Balaban J connectivity index is 1.45. The van der Waals surface area contributed by atoms with E-state index in [1.807, 2.05) is 30.3 Å². The van der Waals surface area contributed by atoms with E-state index in [9.17, 15) is 19.5 Å². The lowest BCUT2D eigenvalue weighted by atomic mass is 9.75. The van der Waals surface area contributed by atoms with Crippen molar-refractivity contribution >= 4 is 29.3 Å². The molecule has 5 atom stereocenters. The van der Waals surface area contributed by atoms with Gasteiger partial charge in [-0.05, 0) is 23.3 Å². The third-order valence-electron chi connectivity index (χ3n) is 7.13. The van der Waals surface area contributed by atoms with Crippen molar-refractivity contribution in [1.82, 2.24) is 5.32 Å². The number of rotatable bonds is 4. The maximum absolute atomic E-state index is 13.7. The summed E-state index contributed by atoms with van der Waals surface area (Å²) in [5.41, 5.74) is -0.301. The predicted molar refractivity (Wildman–Crippen MR) is 124 cm³/mol. The van der Waals surface area contributed by atoms with Crippen LogP contribution < -0.4 is 5.32 Å². The summed E-state index contributed by atoms with van der Waals surface area (Å²) >= 11 is 6.06. The molecule has 1 aliphatic carbocycles. The van der Waals surface area contributed by atoms with Gasteiger partial charge in [0.15, 0.2) is 0 Å². The van der Waals surface area contributed by atoms with Crippen molar-refractivity contribution in [3.8, 4) is 0 Å². The monoisotopic (exact) mass is 489 g/mol. The van der Waals surface area contributed by atoms with E-state index in [0.717, 1.165) is 5.56 Å². The van der Waals surface area contributed by atoms with Crippen LogP contribution in [0, 0.1) is 11.8 Å². The quantitative estimate of drug-likeness (QED) is 0.545. The molecule has 3 aliphatic rings. The van der Waals surface area contributed by atoms with E-state index in [1.54, 1.807) is 42.5 Å². The Kier molecular flexibility index (Phi) is 4.86. The molecule has 0 saturated carbocycles. The van der Waals surface area contributed by atoms with Crippen LogP contribution in [0.5, 0.6) is 0 Å². The number of amides is 1. The van der Waals surface area contributed by atoms with Crippen molar-refractivity contribution in [1.29, 1.82) is 0 Å². The standard InChI is InChI=1S/C27H20ClNO6/c28-17-12-10-16(11-13-17)22-20(24(31)29-14-15-6-2-1-3-7-15)21-25(32)35-27(33)19-9-5-4-8-18(19)23(30)26(21,27)34-22/h1-13,20-22,33H,14H2,(H,29,31)/t20-,21-,22-,26?,27?/m1/s1. The van der Waals surface area contributed by atoms with E-state index >= 15 is 0 Å². The van der Waals surface area contributed by atoms with Crippen LogP contribution in [0.25, 0.3) is 0 Å². The molecular formula is C27H20ClNO6. The Morgan fingerprint density at radius 2 is 1.66 bits per heavy atom. The molecule has 6 rings (SSSR count). The zero-order valence-corrected chi connectivity index (χ0v) is 19.1. The highest BCUT2D eigenvalue weighted by molar-refractivity contribution is 6.30. The van der Waals surface area contributed by atoms with Gasteiger partial charge in [-0.3, -0.25) is 14.4 Å². The number of carbonyl (C=O) groups excluding carboxylic acids is 3. The minimum absolute atomic E-state index is 0.154. The molecule has 3 aromatic rings. The number of fused-ring (bicyclic) bond motifs is 2. The van der Waals surface area contributed by atoms with Gasteiger partial charge in [-0.2, -0.15) is 0 Å². The van der Waals surface area contributed by atoms with Gasteiger partial charge in [0.25, 0.3) is 5.79 Å². The largest absolute Gasteiger partial charge is 0.425 e. The van der Waals surface area contributed by atoms with Crippen molar-refractivity contribution in [2.75, 3.05) is 0 Å². The third-order valence-corrected chi connectivity index (χ3v) is 7.38. The highest BCUT2D eigenvalue weighted by Crippen LogP contribution is 2.64. The molecule has 2 heterocycles. The lowest BCUT2D eigenvalue weighted by molar-refractivity contribution is -0.253. The first-order valence-corrected chi connectivity index (χ1v) is 11.6. The fourth-order valence-corrected chi connectivity index (χ4v) is 5.69. The van der Waals surface area contributed by atoms with Crippen LogP contribution in [0.2, 0.25) is 5.02 Å². The molecule has 3 aromatic carbocycles. The fourth-order valence-electron chi connectivity index (χ4n) is 5.56. The predicted octanol–water partition coefficient (Wildman–Crippen LogP) is 3.30. The van der Waals surface area contributed by atoms with Gasteiger partial charge in [-0.1, -0.05) is 78.3 Å². The molecule has 2 fully saturated rings. The molecule has 35 heavy (non-hydrogen) atoms. The number of aliphatic hydroxyl groups is 1. The number of carbonyl (C=O) groups is 3. The number of ketones is 1. The van der Waals surface area contributed by atoms with Crippen LogP contribution in [-0.4, -0.2) is 28.4 Å². The van der Waals surface area contributed by atoms with E-state index in [0.29, 0.717) is 10.6 Å². The third kappa shape index (κ3) is 2.95. The highest BCUT2D eigenvalue weighted by atomic mass is 35.5. The number of nitrogens with one attached hydrogen (secondary N) is 1. The molecule has 1 amide bonds. The van der Waals surface area contributed by atoms with Gasteiger partial charge in [0, 0.05) is 22.7 Å². The van der Waals surface area contributed by atoms with Gasteiger partial charge >= 0.3 is 5.97 Å². The Bertz CT molecular complexity index is 1360. The van der Waals surface area contributed by atoms with Crippen molar-refractivity contribution in [3.63, 3.8) is 0 Å². The number of hydrogen-bond acceptors (Lipinski definition) is 6. The average Bonchev–Trinajstić information content (AvgIpc) is 3.41. The first-order chi connectivity index (χ1) is 16.9. The molecule has 0 bridgehead atoms. The number of Topliss-reactive ketones (excluding diaryl/α,β-unsaturated/α-hetero) is 1. The van der Waals surface area contributed by atoms with Crippen LogP contribution >= 0.6 is 11.6 Å². The second-order valence-electron chi connectivity index (χ2n) is 8.97. The molecule has 2 unspecified atom stereocenters. The summed E-state index contributed by atoms with van der Waals surface area (Å²) in [7, 11) is 0. The first kappa shape index (κ1) is 22.0. The number of benzene rings is 3. The van der Waals surface area contributed by atoms with Crippen LogP contribution in [0.1, 0.15) is 33.2 Å². The van der Waals surface area contributed by atoms with Gasteiger partial charge in [-0.25, -0.2) is 0 Å². The van der Waals surface area contributed by atoms with Gasteiger partial charge in [0.05, 0.1) is 12.0 Å². The minimum atomic E-state index is -2.33. The highest BCUT2D eigenvalue weighted by Gasteiger charge is 2.83. The van der Waals surface area contributed by atoms with Crippen LogP contribution in [0.3, 0.4) is 0 Å². The van der Waals surface area contributed by atoms with Gasteiger partial charge in [0.2, 0.25) is 17.3 Å². The van der Waals surface area contributed by atoms with Gasteiger partial charge in [-0.15, -0.1) is 0 Å². The van der Waals surface area contributed by atoms with Gasteiger partial charge in [0.1, 0.15) is 5.92 Å². The first-order valence-electron chi connectivity index (χ1n) is 11.2. The van der Waals surface area contributed by atoms with E-state index < -0.39 is 47.0 Å². The van der Waals surface area contributed by atoms with Crippen LogP contribution in [-0.2, 0) is 31.4 Å². The topological polar surface area (TPSA) is 102 Å². The molecule has 8 heteroatoms. The van der Waals surface area contributed by atoms with E-state index in [4.69, 9.17) is 21.1 Å². The molecule has 1 spiro atoms. The summed E-state index contributed by atoms with van der Waals surface area (Å²) in [5, 5.41) is 15.0. The molecule has 7 nitrogen and oxygen atoms in total. The van der Waals surface area contributed by atoms with Crippen LogP contribution in [0.15, 0.2) is 78.9 Å².